The topological polar surface area (TPSA) is 116 Å². The molecule has 0 aromatic heterocycles. The lowest BCUT2D eigenvalue weighted by atomic mass is 9.49. The highest BCUT2D eigenvalue weighted by Crippen LogP contribution is 2.59. The second kappa shape index (κ2) is 18.3. The number of aryl methyl sites for hydroxylation is 2. The molecule has 4 aliphatic rings. The van der Waals surface area contributed by atoms with E-state index in [-0.39, 0.29) is 34.7 Å². The van der Waals surface area contributed by atoms with Gasteiger partial charge in [-0.1, -0.05) is 129 Å². The normalized spacial score (nSPS) is 27.6. The minimum absolute atomic E-state index is 0.0510. The summed E-state index contributed by atoms with van der Waals surface area (Å²) < 4.78 is 0. The molecule has 0 unspecified atom stereocenters. The highest BCUT2D eigenvalue weighted by atomic mass is 16.2. The third kappa shape index (κ3) is 9.26. The summed E-state index contributed by atoms with van der Waals surface area (Å²) in [6, 6.07) is 21.7. The molecule has 8 heteroatoms. The van der Waals surface area contributed by atoms with Gasteiger partial charge in [-0.3, -0.25) is 19.2 Å². The fourth-order valence-electron chi connectivity index (χ4n) is 13.0. The fourth-order valence-corrected chi connectivity index (χ4v) is 13.0. The van der Waals surface area contributed by atoms with Crippen LogP contribution in [0.2, 0.25) is 0 Å². The average molecular weight is 843 g/mol. The van der Waals surface area contributed by atoms with Gasteiger partial charge in [0.1, 0.15) is 0 Å². The summed E-state index contributed by atoms with van der Waals surface area (Å²) in [5.41, 5.74) is 10.8. The molecule has 7 rings (SSSR count). The molecule has 8 nitrogen and oxygen atoms in total. The lowest BCUT2D eigenvalue weighted by molar-refractivity contribution is -0.139. The van der Waals surface area contributed by atoms with E-state index < -0.39 is 23.6 Å². The highest BCUT2D eigenvalue weighted by molar-refractivity contribution is 6.35. The minimum atomic E-state index is -0.661. The van der Waals surface area contributed by atoms with E-state index in [1.165, 1.54) is 53.5 Å². The van der Waals surface area contributed by atoms with Crippen molar-refractivity contribution in [2.45, 2.75) is 168 Å². The molecule has 0 bridgehead atoms. The first-order valence-electron chi connectivity index (χ1n) is 23.9. The molecule has 2 fully saturated rings. The van der Waals surface area contributed by atoms with E-state index in [1.807, 2.05) is 24.3 Å². The minimum Gasteiger partial charge on any atom is -0.348 e. The molecule has 2 saturated carbocycles. The van der Waals surface area contributed by atoms with Gasteiger partial charge in [-0.25, -0.2) is 0 Å². The molecule has 0 saturated heterocycles. The van der Waals surface area contributed by atoms with Crippen LogP contribution < -0.4 is 21.3 Å². The fraction of sp³-hybridized carbons (Fsp3) is 0.593. The number of carbonyl (C=O) groups excluding carboxylic acids is 4. The molecule has 4 N–H and O–H groups in total. The van der Waals surface area contributed by atoms with Gasteiger partial charge < -0.3 is 21.3 Å². The van der Waals surface area contributed by atoms with E-state index >= 15 is 0 Å². The van der Waals surface area contributed by atoms with Gasteiger partial charge >= 0.3 is 23.6 Å². The van der Waals surface area contributed by atoms with Crippen LogP contribution in [0.15, 0.2) is 60.7 Å². The summed E-state index contributed by atoms with van der Waals surface area (Å²) in [4.78, 5) is 51.8. The SMILES string of the molecule is CC(C)c1ccc2c(c1)CC[C@H]1[C@](C)(CCCNC(=O)C(=O)NCc3cccc(CNC(=O)C(=O)NC[C@]4(C)CCC[C@]5(C)c6ccc(C(C)C)cc6CC[C@@H]45)c3)CCC[C@]21C. The van der Waals surface area contributed by atoms with Crippen LogP contribution in [-0.2, 0) is 55.9 Å². The van der Waals surface area contributed by atoms with Crippen LogP contribution in [0, 0.1) is 22.7 Å². The number of hydrogen-bond acceptors (Lipinski definition) is 4. The first-order valence-corrected chi connectivity index (χ1v) is 23.9. The van der Waals surface area contributed by atoms with Crippen LogP contribution in [0.4, 0.5) is 0 Å². The van der Waals surface area contributed by atoms with Crippen molar-refractivity contribution >= 4 is 23.6 Å². The number of nitrogens with one attached hydrogen (secondary N) is 4. The van der Waals surface area contributed by atoms with Gasteiger partial charge in [-0.15, -0.1) is 0 Å². The van der Waals surface area contributed by atoms with Crippen LogP contribution in [0.3, 0.4) is 0 Å². The van der Waals surface area contributed by atoms with Crippen molar-refractivity contribution in [3.05, 3.63) is 105 Å². The predicted octanol–water partition coefficient (Wildman–Crippen LogP) is 9.60. The number of carbonyl (C=O) groups is 4. The number of benzene rings is 3. The van der Waals surface area contributed by atoms with Crippen molar-refractivity contribution in [3.63, 3.8) is 0 Å². The molecule has 0 aliphatic heterocycles. The number of hydrogen-bond donors (Lipinski definition) is 4. The van der Waals surface area contributed by atoms with Crippen molar-refractivity contribution in [1.82, 2.24) is 21.3 Å². The van der Waals surface area contributed by atoms with Crippen molar-refractivity contribution in [2.24, 2.45) is 22.7 Å². The molecule has 3 aromatic rings. The molecule has 4 amide bonds. The highest BCUT2D eigenvalue weighted by Gasteiger charge is 2.53. The molecule has 6 atom stereocenters. The molecule has 0 heterocycles. The molecule has 62 heavy (non-hydrogen) atoms. The van der Waals surface area contributed by atoms with Crippen molar-refractivity contribution in [2.75, 3.05) is 13.1 Å². The van der Waals surface area contributed by atoms with Gasteiger partial charge in [0.25, 0.3) is 0 Å². The number of rotatable bonds is 12. The molecular formula is C54H74N4O4. The van der Waals surface area contributed by atoms with Crippen LogP contribution in [0.25, 0.3) is 0 Å². The number of amides is 4. The van der Waals surface area contributed by atoms with E-state index in [4.69, 9.17) is 0 Å². The zero-order valence-electron chi connectivity index (χ0n) is 39.0. The van der Waals surface area contributed by atoms with E-state index in [1.54, 1.807) is 5.56 Å². The predicted molar refractivity (Wildman–Crippen MR) is 249 cm³/mol. The summed E-state index contributed by atoms with van der Waals surface area (Å²) in [5, 5.41) is 11.4. The number of fused-ring (bicyclic) bond motifs is 6. The van der Waals surface area contributed by atoms with E-state index in [0.29, 0.717) is 36.8 Å². The largest absolute Gasteiger partial charge is 0.348 e. The third-order valence-corrected chi connectivity index (χ3v) is 16.5. The maximum atomic E-state index is 13.1. The van der Waals surface area contributed by atoms with Gasteiger partial charge in [-0.2, -0.15) is 0 Å². The van der Waals surface area contributed by atoms with Crippen molar-refractivity contribution < 1.29 is 19.2 Å². The van der Waals surface area contributed by atoms with E-state index in [9.17, 15) is 19.2 Å². The van der Waals surface area contributed by atoms with E-state index in [2.05, 4.69) is 113 Å². The molecule has 0 spiro atoms. The van der Waals surface area contributed by atoms with Gasteiger partial charge in [0.05, 0.1) is 0 Å². The summed E-state index contributed by atoms with van der Waals surface area (Å²) >= 11 is 0. The first kappa shape index (κ1) is 45.6. The lowest BCUT2D eigenvalue weighted by Crippen LogP contribution is -2.54. The Morgan fingerprint density at radius 2 is 1.05 bits per heavy atom. The lowest BCUT2D eigenvalue weighted by Gasteiger charge is -2.56. The molecule has 4 aliphatic carbocycles. The Morgan fingerprint density at radius 3 is 1.56 bits per heavy atom. The third-order valence-electron chi connectivity index (χ3n) is 16.5. The second-order valence-corrected chi connectivity index (χ2v) is 21.4. The smallest absolute Gasteiger partial charge is 0.309 e. The van der Waals surface area contributed by atoms with Crippen LogP contribution in [0.1, 0.15) is 176 Å². The zero-order valence-corrected chi connectivity index (χ0v) is 39.0. The summed E-state index contributed by atoms with van der Waals surface area (Å²) in [6.45, 7) is 20.0. The Morgan fingerprint density at radius 1 is 0.581 bits per heavy atom. The second-order valence-electron chi connectivity index (χ2n) is 21.4. The van der Waals surface area contributed by atoms with Gasteiger partial charge in [0, 0.05) is 26.2 Å². The van der Waals surface area contributed by atoms with Crippen LogP contribution in [0.5, 0.6) is 0 Å². The Bertz CT molecular complexity index is 2160. The Labute approximate surface area is 372 Å². The maximum Gasteiger partial charge on any atom is 0.309 e. The van der Waals surface area contributed by atoms with Gasteiger partial charge in [-0.05, 0) is 154 Å². The maximum absolute atomic E-state index is 13.1. The Hall–Kier alpha value is -4.46. The van der Waals surface area contributed by atoms with Gasteiger partial charge in [0.15, 0.2) is 0 Å². The van der Waals surface area contributed by atoms with E-state index in [0.717, 1.165) is 62.5 Å². The van der Waals surface area contributed by atoms with Gasteiger partial charge in [0.2, 0.25) is 0 Å². The molecule has 0 radical (unpaired) electrons. The molecular weight excluding hydrogens is 769 g/mol. The standard InChI is InChI=1S/C54H74N4O4/c1-35(2)39-15-19-43-41(30-39)17-21-45-51(5,23-10-26-53(43,45)7)25-12-28-55-47(59)48(60)56-32-37-13-9-14-38(29-37)33-57-49(61)50(62)58-34-52(6)24-11-27-54(8)44-20-16-40(36(3)4)31-42(44)18-22-46(52)54/h9,13-16,19-20,29-31,35-36,45-46H,10-12,17-18,21-28,32-34H2,1-8H3,(H,55,59)(H,56,60)(H,57,61)(H,58,62)/t45-,46-,51-,52-,53+,54+/m0/s1. The Kier molecular flexibility index (Phi) is 13.5. The van der Waals surface area contributed by atoms with Crippen LogP contribution >= 0.6 is 0 Å². The quantitative estimate of drug-likeness (QED) is 0.107. The monoisotopic (exact) mass is 843 g/mol. The Balaban J connectivity index is 0.835. The van der Waals surface area contributed by atoms with Crippen molar-refractivity contribution in [1.29, 1.82) is 0 Å². The van der Waals surface area contributed by atoms with Crippen molar-refractivity contribution in [3.8, 4) is 0 Å². The summed E-state index contributed by atoms with van der Waals surface area (Å²) in [7, 11) is 0. The molecule has 3 aromatic carbocycles. The zero-order chi connectivity index (χ0) is 44.5. The first-order chi connectivity index (χ1) is 29.5. The average Bonchev–Trinajstić information content (AvgIpc) is 3.25. The summed E-state index contributed by atoms with van der Waals surface area (Å²) in [5.74, 6) is -0.499. The van der Waals surface area contributed by atoms with Crippen LogP contribution in [-0.4, -0.2) is 36.7 Å². The molecule has 334 valence electrons. The summed E-state index contributed by atoms with van der Waals surface area (Å²) in [6.07, 6.45) is 13.2.